The maximum absolute atomic E-state index is 8.69. The highest BCUT2D eigenvalue weighted by molar-refractivity contribution is 6.74. The van der Waals surface area contributed by atoms with Gasteiger partial charge in [-0.15, -0.1) is 0 Å². The number of benzene rings is 1. The van der Waals surface area contributed by atoms with Crippen LogP contribution in [0.4, 0.5) is 0 Å². The molecule has 0 radical (unpaired) electrons. The van der Waals surface area contributed by atoms with Gasteiger partial charge in [0.2, 0.25) is 0 Å². The molecule has 2 atom stereocenters. The van der Waals surface area contributed by atoms with Gasteiger partial charge in [-0.3, -0.25) is 4.90 Å². The number of ether oxygens (including phenoxy) is 1. The Morgan fingerprint density at radius 2 is 2.11 bits per heavy atom. The van der Waals surface area contributed by atoms with Gasteiger partial charge in [0.05, 0.1) is 6.10 Å². The van der Waals surface area contributed by atoms with Gasteiger partial charge in [0, 0.05) is 25.7 Å². The van der Waals surface area contributed by atoms with Crippen LogP contribution in [0.3, 0.4) is 0 Å². The summed E-state index contributed by atoms with van der Waals surface area (Å²) in [6.07, 6.45) is 1.45. The molecule has 1 saturated heterocycles. The molecule has 2 rings (SSSR count). The van der Waals surface area contributed by atoms with Crippen molar-refractivity contribution in [3.05, 3.63) is 29.8 Å². The van der Waals surface area contributed by atoms with E-state index in [1.54, 1.807) is 0 Å². The second-order valence-electron chi connectivity index (χ2n) is 8.91. The maximum Gasteiger partial charge on any atom is 0.192 e. The molecule has 27 heavy (non-hydrogen) atoms. The molecule has 1 N–H and O–H groups in total. The van der Waals surface area contributed by atoms with E-state index >= 15 is 0 Å². The summed E-state index contributed by atoms with van der Waals surface area (Å²) in [5.41, 5.74) is 1.18. The Balaban J connectivity index is 1.95. The molecule has 1 aromatic carbocycles. The van der Waals surface area contributed by atoms with Gasteiger partial charge < -0.3 is 14.5 Å². The molecule has 1 aromatic rings. The largest absolute Gasteiger partial charge is 0.479 e. The Bertz CT molecular complexity index is 652. The fraction of sp³-hybridized carbons (Fsp3) is 0.667. The quantitative estimate of drug-likeness (QED) is 0.682. The number of nitrogens with zero attached hydrogens (tertiary/aromatic N) is 2. The topological polar surface area (TPSA) is 57.5 Å². The molecule has 0 bridgehead atoms. The lowest BCUT2D eigenvalue weighted by atomic mass is 10.1. The first-order valence-corrected chi connectivity index (χ1v) is 12.7. The zero-order valence-corrected chi connectivity index (χ0v) is 18.7. The Morgan fingerprint density at radius 1 is 1.37 bits per heavy atom. The highest BCUT2D eigenvalue weighted by Gasteiger charge is 2.40. The van der Waals surface area contributed by atoms with Crippen molar-refractivity contribution in [2.45, 2.75) is 57.5 Å². The van der Waals surface area contributed by atoms with Crippen LogP contribution in [0.5, 0.6) is 5.75 Å². The minimum Gasteiger partial charge on any atom is -0.479 e. The summed E-state index contributed by atoms with van der Waals surface area (Å²) in [6, 6.07) is 10.3. The average molecular weight is 390 g/mol. The van der Waals surface area contributed by atoms with Crippen LogP contribution in [0.15, 0.2) is 24.3 Å². The molecule has 1 unspecified atom stereocenters. The van der Waals surface area contributed by atoms with E-state index < -0.39 is 8.32 Å². The highest BCUT2D eigenvalue weighted by Crippen LogP contribution is 2.38. The van der Waals surface area contributed by atoms with Crippen molar-refractivity contribution in [2.24, 2.45) is 0 Å². The van der Waals surface area contributed by atoms with Crippen LogP contribution in [0.2, 0.25) is 18.1 Å². The number of hydrogen-bond acceptors (Lipinski definition) is 5. The number of likely N-dealkylation sites (tertiary alicyclic amines) is 1. The number of nitriles is 1. The van der Waals surface area contributed by atoms with Crippen LogP contribution in [-0.4, -0.2) is 52.6 Å². The Labute approximate surface area is 165 Å². The van der Waals surface area contributed by atoms with E-state index in [9.17, 15) is 0 Å². The summed E-state index contributed by atoms with van der Waals surface area (Å²) in [4.78, 5) is 2.49. The standard InChI is InChI=1S/C21H35N3O2Si/c1-21(2,3)27(5,6)26-19-10-12-24(15-19)16-20(23-4)17-8-7-9-18(14-17)25-13-11-22/h7-9,14,19-20,23H,10,12-13,15-16H2,1-6H3/t19-,20?/m0/s1. The van der Waals surface area contributed by atoms with E-state index in [4.69, 9.17) is 14.4 Å². The summed E-state index contributed by atoms with van der Waals surface area (Å²) in [7, 11) is 0.276. The molecule has 0 amide bonds. The minimum atomic E-state index is -1.72. The van der Waals surface area contributed by atoms with Crippen LogP contribution >= 0.6 is 0 Å². The Morgan fingerprint density at radius 3 is 2.74 bits per heavy atom. The van der Waals surface area contributed by atoms with Crippen molar-refractivity contribution in [3.63, 3.8) is 0 Å². The van der Waals surface area contributed by atoms with Crippen molar-refractivity contribution in [1.29, 1.82) is 5.26 Å². The summed E-state index contributed by atoms with van der Waals surface area (Å²) in [6.45, 7) is 14.6. The van der Waals surface area contributed by atoms with Gasteiger partial charge >= 0.3 is 0 Å². The molecule has 0 aliphatic carbocycles. The molecule has 0 spiro atoms. The third-order valence-electron chi connectivity index (χ3n) is 5.85. The number of rotatable bonds is 8. The Hall–Kier alpha value is -1.39. The van der Waals surface area contributed by atoms with Gasteiger partial charge in [-0.2, -0.15) is 5.26 Å². The molecule has 1 aliphatic rings. The van der Waals surface area contributed by atoms with Gasteiger partial charge in [0.25, 0.3) is 0 Å². The van der Waals surface area contributed by atoms with Gasteiger partial charge in [0.15, 0.2) is 14.9 Å². The number of hydrogen-bond donors (Lipinski definition) is 1. The van der Waals surface area contributed by atoms with Crippen molar-refractivity contribution >= 4 is 8.32 Å². The van der Waals surface area contributed by atoms with Crippen molar-refractivity contribution < 1.29 is 9.16 Å². The molecular formula is C21H35N3O2Si. The monoisotopic (exact) mass is 389 g/mol. The molecule has 6 heteroatoms. The fourth-order valence-electron chi connectivity index (χ4n) is 3.21. The van der Waals surface area contributed by atoms with Crippen LogP contribution < -0.4 is 10.1 Å². The maximum atomic E-state index is 8.69. The summed E-state index contributed by atoms with van der Waals surface area (Å²) >= 11 is 0. The lowest BCUT2D eigenvalue weighted by Gasteiger charge is -2.38. The second-order valence-corrected chi connectivity index (χ2v) is 13.7. The van der Waals surface area contributed by atoms with Crippen LogP contribution in [0, 0.1) is 11.3 Å². The molecule has 5 nitrogen and oxygen atoms in total. The number of nitrogens with one attached hydrogen (secondary N) is 1. The first-order chi connectivity index (χ1) is 12.7. The smallest absolute Gasteiger partial charge is 0.192 e. The van der Waals surface area contributed by atoms with Crippen LogP contribution in [0.25, 0.3) is 0 Å². The summed E-state index contributed by atoms with van der Waals surface area (Å²) < 4.78 is 12.1. The predicted octanol–water partition coefficient (Wildman–Crippen LogP) is 3.95. The van der Waals surface area contributed by atoms with E-state index in [1.807, 2.05) is 31.3 Å². The molecule has 0 saturated carbocycles. The van der Waals surface area contributed by atoms with E-state index in [1.165, 1.54) is 5.56 Å². The molecule has 1 aliphatic heterocycles. The minimum absolute atomic E-state index is 0.0757. The molecule has 1 heterocycles. The molecule has 150 valence electrons. The van der Waals surface area contributed by atoms with Gasteiger partial charge in [-0.1, -0.05) is 32.9 Å². The Kier molecular flexibility index (Phi) is 7.46. The highest BCUT2D eigenvalue weighted by atomic mass is 28.4. The van der Waals surface area contributed by atoms with Crippen LogP contribution in [0.1, 0.15) is 38.8 Å². The van der Waals surface area contributed by atoms with E-state index in [2.05, 4.69) is 50.1 Å². The van der Waals surface area contributed by atoms with Gasteiger partial charge in [-0.05, 0) is 49.3 Å². The zero-order chi connectivity index (χ0) is 20.1. The summed E-state index contributed by atoms with van der Waals surface area (Å²) in [5.74, 6) is 0.745. The normalized spacial score (nSPS) is 19.7. The van der Waals surface area contributed by atoms with Gasteiger partial charge in [0.1, 0.15) is 11.8 Å². The predicted molar refractivity (Wildman–Crippen MR) is 112 cm³/mol. The van der Waals surface area contributed by atoms with Crippen LogP contribution in [-0.2, 0) is 4.43 Å². The number of likely N-dealkylation sites (N-methyl/N-ethyl adjacent to an activating group) is 1. The molecule has 1 fully saturated rings. The second kappa shape index (κ2) is 9.20. The van der Waals surface area contributed by atoms with Crippen molar-refractivity contribution in [3.8, 4) is 11.8 Å². The lowest BCUT2D eigenvalue weighted by molar-refractivity contribution is 0.177. The molecule has 0 aromatic heterocycles. The molecular weight excluding hydrogens is 354 g/mol. The van der Waals surface area contributed by atoms with E-state index in [0.717, 1.165) is 31.8 Å². The zero-order valence-electron chi connectivity index (χ0n) is 17.7. The summed E-state index contributed by atoms with van der Waals surface area (Å²) in [5, 5.41) is 12.4. The third-order valence-corrected chi connectivity index (χ3v) is 10.4. The van der Waals surface area contributed by atoms with E-state index in [0.29, 0.717) is 6.10 Å². The SMILES string of the molecule is CNC(CN1CC[C@H](O[Si](C)(C)C(C)(C)C)C1)c1cccc(OCC#N)c1. The van der Waals surface area contributed by atoms with E-state index in [-0.39, 0.29) is 17.7 Å². The van der Waals surface area contributed by atoms with Crippen molar-refractivity contribution in [2.75, 3.05) is 33.3 Å². The van der Waals surface area contributed by atoms with Crippen molar-refractivity contribution in [1.82, 2.24) is 10.2 Å². The first-order valence-electron chi connectivity index (χ1n) is 9.83. The lowest BCUT2D eigenvalue weighted by Crippen LogP contribution is -2.44. The fourth-order valence-corrected chi connectivity index (χ4v) is 4.59. The van der Waals surface area contributed by atoms with Gasteiger partial charge in [-0.25, -0.2) is 0 Å². The average Bonchev–Trinajstić information content (AvgIpc) is 3.03. The third kappa shape index (κ3) is 6.05. The first kappa shape index (κ1) is 21.9.